The summed E-state index contributed by atoms with van der Waals surface area (Å²) in [7, 11) is 0. The van der Waals surface area contributed by atoms with E-state index in [1.54, 1.807) is 74.2 Å². The van der Waals surface area contributed by atoms with Gasteiger partial charge in [0, 0.05) is 30.1 Å². The predicted octanol–water partition coefficient (Wildman–Crippen LogP) is 5.08. The number of halogens is 1. The lowest BCUT2D eigenvalue weighted by atomic mass is 9.93. The minimum atomic E-state index is -0.803. The van der Waals surface area contributed by atoms with Crippen molar-refractivity contribution in [2.45, 2.75) is 51.8 Å². The molecule has 0 radical (unpaired) electrons. The number of esters is 1. The van der Waals surface area contributed by atoms with Crippen LogP contribution in [0.4, 0.5) is 4.79 Å². The van der Waals surface area contributed by atoms with Crippen LogP contribution in [0.1, 0.15) is 48.7 Å². The normalized spacial score (nSPS) is 20.4. The fourth-order valence-corrected chi connectivity index (χ4v) is 5.41. The van der Waals surface area contributed by atoms with Crippen LogP contribution in [0.25, 0.3) is 0 Å². The van der Waals surface area contributed by atoms with Gasteiger partial charge in [0.2, 0.25) is 5.91 Å². The molecule has 0 aromatic heterocycles. The zero-order valence-electron chi connectivity index (χ0n) is 23.1. The second-order valence-corrected chi connectivity index (χ2v) is 11.7. The summed E-state index contributed by atoms with van der Waals surface area (Å²) in [5.74, 6) is -1.93. The molecule has 0 spiro atoms. The highest BCUT2D eigenvalue weighted by Gasteiger charge is 2.45. The number of amides is 2. The van der Waals surface area contributed by atoms with Gasteiger partial charge in [-0.1, -0.05) is 54.1 Å². The molecule has 2 aromatic carbocycles. The summed E-state index contributed by atoms with van der Waals surface area (Å²) in [4.78, 5) is 55.8. The number of Topliss-reactive ketones (excluding diaryl/α,β-unsaturated/α-hetero) is 1. The van der Waals surface area contributed by atoms with Gasteiger partial charge < -0.3 is 14.4 Å². The summed E-state index contributed by atoms with van der Waals surface area (Å²) in [5, 5.41) is 0.548. The predicted molar refractivity (Wildman–Crippen MR) is 151 cm³/mol. The van der Waals surface area contributed by atoms with Crippen molar-refractivity contribution in [1.29, 1.82) is 0 Å². The first kappa shape index (κ1) is 29.3. The lowest BCUT2D eigenvalue weighted by Crippen LogP contribution is -2.54. The van der Waals surface area contributed by atoms with Gasteiger partial charge in [0.15, 0.2) is 12.4 Å². The molecule has 2 amide bonds. The Kier molecular flexibility index (Phi) is 8.98. The van der Waals surface area contributed by atoms with Gasteiger partial charge in [-0.2, -0.15) is 0 Å². The molecule has 2 heterocycles. The van der Waals surface area contributed by atoms with Crippen LogP contribution in [0.3, 0.4) is 0 Å². The van der Waals surface area contributed by atoms with Gasteiger partial charge in [-0.3, -0.25) is 19.3 Å². The molecule has 9 heteroatoms. The maximum Gasteiger partial charge on any atom is 0.411 e. The Morgan fingerprint density at radius 1 is 1.05 bits per heavy atom. The highest BCUT2D eigenvalue weighted by molar-refractivity contribution is 6.30. The van der Waals surface area contributed by atoms with Crippen LogP contribution in [-0.2, 0) is 32.0 Å². The topological polar surface area (TPSA) is 93.2 Å². The Bertz CT molecular complexity index is 1290. The van der Waals surface area contributed by atoms with E-state index < -0.39 is 29.6 Å². The van der Waals surface area contributed by atoms with E-state index in [2.05, 4.69) is 6.58 Å². The molecule has 212 valence electrons. The van der Waals surface area contributed by atoms with Gasteiger partial charge in [-0.25, -0.2) is 4.79 Å². The first-order chi connectivity index (χ1) is 19.0. The number of nitrogens with zero attached hydrogens (tertiary/aromatic N) is 2. The lowest BCUT2D eigenvalue weighted by molar-refractivity contribution is -0.148. The maximum atomic E-state index is 13.9. The summed E-state index contributed by atoms with van der Waals surface area (Å²) >= 11 is 6.20. The Balaban J connectivity index is 1.51. The number of carbonyl (C=O) groups excluding carboxylic acids is 4. The van der Waals surface area contributed by atoms with Crippen LogP contribution < -0.4 is 0 Å². The molecule has 1 fully saturated rings. The molecule has 2 aliphatic rings. The fraction of sp³-hybridized carbons (Fsp3) is 0.419. The molecular weight excluding hydrogens is 532 g/mol. The number of hydrogen-bond acceptors (Lipinski definition) is 6. The zero-order chi connectivity index (χ0) is 29.0. The van der Waals surface area contributed by atoms with Crippen LogP contribution in [0.5, 0.6) is 0 Å². The third-order valence-electron chi connectivity index (χ3n) is 7.18. The molecule has 4 rings (SSSR count). The Labute approximate surface area is 239 Å². The molecule has 1 unspecified atom stereocenters. The van der Waals surface area contributed by atoms with Crippen molar-refractivity contribution in [2.24, 2.45) is 11.8 Å². The van der Waals surface area contributed by atoms with Crippen LogP contribution >= 0.6 is 11.6 Å². The van der Waals surface area contributed by atoms with E-state index in [0.717, 1.165) is 11.1 Å². The molecule has 1 saturated heterocycles. The third kappa shape index (κ3) is 6.91. The van der Waals surface area contributed by atoms with E-state index >= 15 is 0 Å². The molecule has 2 aromatic rings. The number of benzene rings is 2. The van der Waals surface area contributed by atoms with Crippen molar-refractivity contribution in [3.63, 3.8) is 0 Å². The van der Waals surface area contributed by atoms with E-state index in [-0.39, 0.29) is 37.3 Å². The van der Waals surface area contributed by atoms with Gasteiger partial charge in [0.05, 0.1) is 12.5 Å². The van der Waals surface area contributed by atoms with E-state index in [0.29, 0.717) is 30.0 Å². The van der Waals surface area contributed by atoms with E-state index in [4.69, 9.17) is 21.1 Å². The maximum absolute atomic E-state index is 13.9. The van der Waals surface area contributed by atoms with Crippen molar-refractivity contribution in [2.75, 3.05) is 19.7 Å². The monoisotopic (exact) mass is 566 g/mol. The van der Waals surface area contributed by atoms with E-state index in [9.17, 15) is 19.2 Å². The minimum Gasteiger partial charge on any atom is -0.457 e. The molecule has 3 atom stereocenters. The summed E-state index contributed by atoms with van der Waals surface area (Å²) < 4.78 is 11.0. The van der Waals surface area contributed by atoms with Crippen LogP contribution in [0.2, 0.25) is 5.02 Å². The van der Waals surface area contributed by atoms with Gasteiger partial charge in [0.1, 0.15) is 11.6 Å². The minimum absolute atomic E-state index is 0.127. The van der Waals surface area contributed by atoms with Crippen LogP contribution in [-0.4, -0.2) is 64.9 Å². The Hall–Kier alpha value is -3.65. The highest BCUT2D eigenvalue weighted by Crippen LogP contribution is 2.32. The standard InChI is InChI=1S/C31H35ClN2O6/c1-5-9-22-16-33(18-25(22)29(37)39-19-27(35)20-10-7-6-8-11-20)28(36)26-15-21-12-13-24(32)14-23(21)17-34(26)30(38)40-31(2,3)4/h5-8,10-14,22,25-26H,1,9,15-19H2,2-4H3/t22-,25+,26?/m0/s1. The second-order valence-electron chi connectivity index (χ2n) is 11.3. The summed E-state index contributed by atoms with van der Waals surface area (Å²) in [6, 6.07) is 13.3. The quantitative estimate of drug-likeness (QED) is 0.264. The van der Waals surface area contributed by atoms with Crippen molar-refractivity contribution in [3.05, 3.63) is 82.9 Å². The molecule has 2 aliphatic heterocycles. The molecular formula is C31H35ClN2O6. The average molecular weight is 567 g/mol. The first-order valence-corrected chi connectivity index (χ1v) is 13.8. The van der Waals surface area contributed by atoms with Crippen molar-refractivity contribution >= 4 is 35.4 Å². The number of allylic oxidation sites excluding steroid dienone is 1. The lowest BCUT2D eigenvalue weighted by Gasteiger charge is -2.38. The molecule has 0 aliphatic carbocycles. The van der Waals surface area contributed by atoms with Gasteiger partial charge in [-0.05, 0) is 56.4 Å². The summed E-state index contributed by atoms with van der Waals surface area (Å²) in [6.07, 6.45) is 1.92. The van der Waals surface area contributed by atoms with Gasteiger partial charge in [0.25, 0.3) is 0 Å². The smallest absolute Gasteiger partial charge is 0.411 e. The number of ether oxygens (including phenoxy) is 2. The number of hydrogen-bond donors (Lipinski definition) is 0. The number of likely N-dealkylation sites (tertiary alicyclic amines) is 1. The SMILES string of the molecule is C=CC[C@H]1CN(C(=O)C2Cc3ccc(Cl)cc3CN2C(=O)OC(C)(C)C)C[C@H]1C(=O)OCC(=O)c1ccccc1. The van der Waals surface area contributed by atoms with Crippen molar-refractivity contribution in [3.8, 4) is 0 Å². The fourth-order valence-electron chi connectivity index (χ4n) is 5.22. The van der Waals surface area contributed by atoms with Crippen molar-refractivity contribution in [1.82, 2.24) is 9.80 Å². The second kappa shape index (κ2) is 12.3. The first-order valence-electron chi connectivity index (χ1n) is 13.4. The molecule has 8 nitrogen and oxygen atoms in total. The van der Waals surface area contributed by atoms with E-state index in [1.165, 1.54) is 4.90 Å². The Morgan fingerprint density at radius 2 is 1.77 bits per heavy atom. The number of fused-ring (bicyclic) bond motifs is 1. The van der Waals surface area contributed by atoms with Crippen LogP contribution in [0.15, 0.2) is 61.2 Å². The van der Waals surface area contributed by atoms with E-state index in [1.807, 2.05) is 6.07 Å². The van der Waals surface area contributed by atoms with Crippen LogP contribution in [0, 0.1) is 11.8 Å². The molecule has 40 heavy (non-hydrogen) atoms. The number of carbonyl (C=O) groups is 4. The average Bonchev–Trinajstić information content (AvgIpc) is 3.34. The summed E-state index contributed by atoms with van der Waals surface area (Å²) in [5.41, 5.74) is 1.51. The number of ketones is 1. The zero-order valence-corrected chi connectivity index (χ0v) is 23.9. The van der Waals surface area contributed by atoms with Gasteiger partial charge >= 0.3 is 12.1 Å². The molecule has 0 saturated carbocycles. The molecule has 0 bridgehead atoms. The highest BCUT2D eigenvalue weighted by atomic mass is 35.5. The number of rotatable bonds is 7. The molecule has 0 N–H and O–H groups in total. The largest absolute Gasteiger partial charge is 0.457 e. The summed E-state index contributed by atoms with van der Waals surface area (Å²) in [6.45, 7) is 9.37. The van der Waals surface area contributed by atoms with Crippen molar-refractivity contribution < 1.29 is 28.7 Å². The third-order valence-corrected chi connectivity index (χ3v) is 7.41. The Morgan fingerprint density at radius 3 is 2.45 bits per heavy atom. The van der Waals surface area contributed by atoms with Gasteiger partial charge in [-0.15, -0.1) is 6.58 Å².